The summed E-state index contributed by atoms with van der Waals surface area (Å²) in [7, 11) is 0. The first-order valence-corrected chi connectivity index (χ1v) is 8.88. The molecule has 4 aliphatic rings. The van der Waals surface area contributed by atoms with Gasteiger partial charge in [-0.3, -0.25) is 4.79 Å². The number of Topliss-reactive ketones (excluding diaryl/α,β-unsaturated/α-hetero) is 1. The summed E-state index contributed by atoms with van der Waals surface area (Å²) in [5.41, 5.74) is 1.97. The summed E-state index contributed by atoms with van der Waals surface area (Å²) < 4.78 is 0. The zero-order chi connectivity index (χ0) is 14.8. The molecule has 1 nitrogen and oxygen atoms in total. The minimum atomic E-state index is -0.00715. The Morgan fingerprint density at radius 2 is 1.95 bits per heavy atom. The van der Waals surface area contributed by atoms with Crippen LogP contribution in [0.25, 0.3) is 0 Å². The topological polar surface area (TPSA) is 17.1 Å². The predicted molar refractivity (Wildman–Crippen MR) is 85.8 cm³/mol. The predicted octanol–water partition coefficient (Wildman–Crippen LogP) is 4.93. The van der Waals surface area contributed by atoms with E-state index < -0.39 is 0 Å². The van der Waals surface area contributed by atoms with Crippen LogP contribution in [0.15, 0.2) is 23.8 Å². The normalized spacial score (nSPS) is 52.0. The molecule has 1 unspecified atom stereocenters. The molecule has 0 amide bonds. The van der Waals surface area contributed by atoms with E-state index in [1.54, 1.807) is 5.57 Å². The summed E-state index contributed by atoms with van der Waals surface area (Å²) in [4.78, 5) is 12.7. The molecule has 6 atom stereocenters. The van der Waals surface area contributed by atoms with Crippen molar-refractivity contribution < 1.29 is 4.79 Å². The SMILES string of the molecule is CC1C[C@H]2[C@@H]3CC=C4C=CCC[C@]4(C)[C@@H]3CC[C@]2(C)C1=O. The van der Waals surface area contributed by atoms with Crippen molar-refractivity contribution in [3.8, 4) is 0 Å². The maximum Gasteiger partial charge on any atom is 0.141 e. The number of hydrogen-bond donors (Lipinski definition) is 0. The number of allylic oxidation sites excluding steroid dienone is 4. The number of carbonyl (C=O) groups is 1. The van der Waals surface area contributed by atoms with Gasteiger partial charge in [-0.15, -0.1) is 0 Å². The van der Waals surface area contributed by atoms with Gasteiger partial charge in [-0.05, 0) is 67.3 Å². The van der Waals surface area contributed by atoms with Crippen LogP contribution < -0.4 is 0 Å². The van der Waals surface area contributed by atoms with Gasteiger partial charge in [0.2, 0.25) is 0 Å². The zero-order valence-corrected chi connectivity index (χ0v) is 13.7. The Kier molecular flexibility index (Phi) is 2.85. The van der Waals surface area contributed by atoms with Crippen molar-refractivity contribution in [2.45, 2.75) is 59.3 Å². The lowest BCUT2D eigenvalue weighted by atomic mass is 9.49. The third-order valence-corrected chi connectivity index (χ3v) is 7.66. The highest BCUT2D eigenvalue weighted by atomic mass is 16.1. The van der Waals surface area contributed by atoms with E-state index in [0.717, 1.165) is 24.7 Å². The van der Waals surface area contributed by atoms with Gasteiger partial charge in [0.1, 0.15) is 5.78 Å². The molecule has 21 heavy (non-hydrogen) atoms. The molecule has 0 aliphatic heterocycles. The quantitative estimate of drug-likeness (QED) is 0.616. The molecule has 0 saturated heterocycles. The van der Waals surface area contributed by atoms with Gasteiger partial charge < -0.3 is 0 Å². The van der Waals surface area contributed by atoms with Crippen molar-refractivity contribution in [2.24, 2.45) is 34.5 Å². The number of carbonyl (C=O) groups excluding carboxylic acids is 1. The van der Waals surface area contributed by atoms with Gasteiger partial charge >= 0.3 is 0 Å². The third kappa shape index (κ3) is 1.67. The van der Waals surface area contributed by atoms with Gasteiger partial charge in [0.15, 0.2) is 0 Å². The smallest absolute Gasteiger partial charge is 0.141 e. The first kappa shape index (κ1) is 13.8. The Hall–Kier alpha value is -0.850. The van der Waals surface area contributed by atoms with Crippen molar-refractivity contribution >= 4 is 5.78 Å². The van der Waals surface area contributed by atoms with Gasteiger partial charge in [0.25, 0.3) is 0 Å². The fraction of sp³-hybridized carbons (Fsp3) is 0.750. The maximum atomic E-state index is 12.7. The van der Waals surface area contributed by atoms with E-state index in [-0.39, 0.29) is 5.41 Å². The fourth-order valence-electron chi connectivity index (χ4n) is 6.41. The van der Waals surface area contributed by atoms with Gasteiger partial charge in [0, 0.05) is 11.3 Å². The molecule has 1 heteroatoms. The summed E-state index contributed by atoms with van der Waals surface area (Å²) in [6, 6.07) is 0. The number of ketones is 1. The Bertz CT molecular complexity index is 542. The molecule has 0 N–H and O–H groups in total. The first-order valence-electron chi connectivity index (χ1n) is 8.88. The van der Waals surface area contributed by atoms with Crippen LogP contribution in [0, 0.1) is 34.5 Å². The van der Waals surface area contributed by atoms with Crippen LogP contribution in [0.1, 0.15) is 59.3 Å². The molecular weight excluding hydrogens is 256 g/mol. The highest BCUT2D eigenvalue weighted by Crippen LogP contribution is 2.63. The molecule has 0 bridgehead atoms. The summed E-state index contributed by atoms with van der Waals surface area (Å²) in [6.07, 6.45) is 14.5. The molecule has 4 rings (SSSR count). The molecule has 4 aliphatic carbocycles. The second kappa shape index (κ2) is 4.33. The molecule has 0 aromatic rings. The number of fused-ring (bicyclic) bond motifs is 5. The van der Waals surface area contributed by atoms with E-state index in [1.165, 1.54) is 25.7 Å². The molecular formula is C20H28O. The minimum Gasteiger partial charge on any atom is -0.299 e. The Morgan fingerprint density at radius 3 is 2.76 bits per heavy atom. The van der Waals surface area contributed by atoms with Crippen molar-refractivity contribution in [3.05, 3.63) is 23.8 Å². The Labute approximate surface area is 128 Å². The molecule has 114 valence electrons. The summed E-state index contributed by atoms with van der Waals surface area (Å²) >= 11 is 0. The van der Waals surface area contributed by atoms with Crippen LogP contribution in [-0.2, 0) is 4.79 Å². The van der Waals surface area contributed by atoms with E-state index in [1.807, 2.05) is 0 Å². The Morgan fingerprint density at radius 1 is 1.14 bits per heavy atom. The monoisotopic (exact) mass is 284 g/mol. The van der Waals surface area contributed by atoms with Crippen molar-refractivity contribution in [2.75, 3.05) is 0 Å². The summed E-state index contributed by atoms with van der Waals surface area (Å²) in [5.74, 6) is 3.05. The highest BCUT2D eigenvalue weighted by Gasteiger charge is 2.59. The Balaban J connectivity index is 1.74. The summed E-state index contributed by atoms with van der Waals surface area (Å²) in [6.45, 7) is 6.94. The lowest BCUT2D eigenvalue weighted by Gasteiger charge is -2.55. The van der Waals surface area contributed by atoms with Gasteiger partial charge in [-0.2, -0.15) is 0 Å². The zero-order valence-electron chi connectivity index (χ0n) is 13.7. The van der Waals surface area contributed by atoms with Crippen LogP contribution in [0.2, 0.25) is 0 Å². The fourth-order valence-corrected chi connectivity index (χ4v) is 6.41. The van der Waals surface area contributed by atoms with Crippen LogP contribution in [-0.4, -0.2) is 5.78 Å². The summed E-state index contributed by atoms with van der Waals surface area (Å²) in [5, 5.41) is 0. The van der Waals surface area contributed by atoms with Crippen molar-refractivity contribution in [3.63, 3.8) is 0 Å². The van der Waals surface area contributed by atoms with E-state index in [0.29, 0.717) is 23.0 Å². The highest BCUT2D eigenvalue weighted by molar-refractivity contribution is 5.89. The van der Waals surface area contributed by atoms with Crippen LogP contribution in [0.3, 0.4) is 0 Å². The van der Waals surface area contributed by atoms with E-state index in [2.05, 4.69) is 39.0 Å². The van der Waals surface area contributed by atoms with Crippen LogP contribution >= 0.6 is 0 Å². The first-order chi connectivity index (χ1) is 9.97. The van der Waals surface area contributed by atoms with E-state index in [4.69, 9.17) is 0 Å². The van der Waals surface area contributed by atoms with Crippen LogP contribution in [0.4, 0.5) is 0 Å². The third-order valence-electron chi connectivity index (χ3n) is 7.66. The molecule has 0 heterocycles. The van der Waals surface area contributed by atoms with Gasteiger partial charge in [-0.25, -0.2) is 0 Å². The van der Waals surface area contributed by atoms with Crippen molar-refractivity contribution in [1.29, 1.82) is 0 Å². The van der Waals surface area contributed by atoms with Crippen LogP contribution in [0.5, 0.6) is 0 Å². The van der Waals surface area contributed by atoms with Gasteiger partial charge in [-0.1, -0.05) is 39.0 Å². The molecule has 0 aromatic carbocycles. The molecule has 0 spiro atoms. The second-order valence-corrected chi connectivity index (χ2v) is 8.59. The number of rotatable bonds is 0. The standard InChI is InChI=1S/C20H28O/c1-13-12-17-15-8-7-14-6-4-5-10-19(14,2)16(15)9-11-20(17,3)18(13)21/h4,6-7,13,15-17H,5,8-12H2,1-3H3/t13?,15-,16-,17+,19+,20+/m1/s1. The lowest BCUT2D eigenvalue weighted by Crippen LogP contribution is -2.49. The average molecular weight is 284 g/mol. The largest absolute Gasteiger partial charge is 0.299 e. The minimum absolute atomic E-state index is 0.00715. The average Bonchev–Trinajstić information content (AvgIpc) is 2.70. The maximum absolute atomic E-state index is 12.7. The van der Waals surface area contributed by atoms with Crippen molar-refractivity contribution in [1.82, 2.24) is 0 Å². The van der Waals surface area contributed by atoms with Gasteiger partial charge in [0.05, 0.1) is 0 Å². The molecule has 2 fully saturated rings. The second-order valence-electron chi connectivity index (χ2n) is 8.59. The van der Waals surface area contributed by atoms with E-state index >= 15 is 0 Å². The number of hydrogen-bond acceptors (Lipinski definition) is 1. The van der Waals surface area contributed by atoms with E-state index in [9.17, 15) is 4.79 Å². The molecule has 0 aromatic heterocycles. The lowest BCUT2D eigenvalue weighted by molar-refractivity contribution is -0.133. The molecule has 2 saturated carbocycles. The molecule has 0 radical (unpaired) electrons.